The van der Waals surface area contributed by atoms with Crippen LogP contribution in [0.3, 0.4) is 0 Å². The molecule has 5 rings (SSSR count). The summed E-state index contributed by atoms with van der Waals surface area (Å²) in [7, 11) is 1.56. The number of hydrogen-bond acceptors (Lipinski definition) is 7. The van der Waals surface area contributed by atoms with Gasteiger partial charge in [0, 0.05) is 30.3 Å². The Labute approximate surface area is 179 Å². The number of fused-ring (bicyclic) bond motifs is 2. The Hall–Kier alpha value is -3.33. The minimum atomic E-state index is -0.0761. The summed E-state index contributed by atoms with van der Waals surface area (Å²) in [5.41, 5.74) is 1.78. The van der Waals surface area contributed by atoms with Gasteiger partial charge in [0.05, 0.1) is 31.4 Å². The van der Waals surface area contributed by atoms with Gasteiger partial charge in [-0.2, -0.15) is 9.97 Å². The maximum Gasteiger partial charge on any atom is 0.254 e. The largest absolute Gasteiger partial charge is 0.495 e. The molecule has 2 atom stereocenters. The number of likely N-dealkylation sites (tertiary alicyclic amines) is 1. The number of nitrogens with zero attached hydrogens (tertiary/aromatic N) is 3. The Morgan fingerprint density at radius 1 is 1.39 bits per heavy atom. The van der Waals surface area contributed by atoms with Gasteiger partial charge in [0.1, 0.15) is 11.4 Å². The van der Waals surface area contributed by atoms with Crippen LogP contribution in [0.5, 0.6) is 11.6 Å². The van der Waals surface area contributed by atoms with Crippen molar-refractivity contribution in [2.75, 3.05) is 38.7 Å². The smallest absolute Gasteiger partial charge is 0.254 e. The number of amides is 1. The van der Waals surface area contributed by atoms with Crippen molar-refractivity contribution < 1.29 is 19.4 Å². The van der Waals surface area contributed by atoms with E-state index in [9.17, 15) is 9.90 Å². The van der Waals surface area contributed by atoms with E-state index in [-0.39, 0.29) is 17.9 Å². The van der Waals surface area contributed by atoms with Crippen molar-refractivity contribution in [3.8, 4) is 11.6 Å². The molecule has 9 heteroatoms. The van der Waals surface area contributed by atoms with Crippen LogP contribution in [0, 0.1) is 11.3 Å². The number of aliphatic hydroxyl groups is 1. The molecule has 1 amide bonds. The van der Waals surface area contributed by atoms with Gasteiger partial charge < -0.3 is 29.8 Å². The molecule has 9 nitrogen and oxygen atoms in total. The monoisotopic (exact) mass is 423 g/mol. The summed E-state index contributed by atoms with van der Waals surface area (Å²) in [4.78, 5) is 26.8. The lowest BCUT2D eigenvalue weighted by molar-refractivity contribution is 0.0751. The number of H-pyrrole nitrogens is 1. The van der Waals surface area contributed by atoms with Crippen LogP contribution in [0.25, 0.3) is 11.0 Å². The van der Waals surface area contributed by atoms with E-state index in [0.717, 1.165) is 11.8 Å². The molecular weight excluding hydrogens is 398 g/mol. The number of rotatable bonds is 7. The van der Waals surface area contributed by atoms with E-state index in [1.165, 1.54) is 0 Å². The molecule has 162 valence electrons. The van der Waals surface area contributed by atoms with Crippen LogP contribution in [0.4, 0.5) is 11.6 Å². The van der Waals surface area contributed by atoms with Crippen LogP contribution < -0.4 is 14.8 Å². The molecule has 31 heavy (non-hydrogen) atoms. The van der Waals surface area contributed by atoms with Crippen molar-refractivity contribution in [3.63, 3.8) is 0 Å². The second kappa shape index (κ2) is 7.42. The maximum atomic E-state index is 13.0. The maximum absolute atomic E-state index is 13.0. The van der Waals surface area contributed by atoms with E-state index < -0.39 is 0 Å². The average Bonchev–Trinajstić information content (AvgIpc) is 3.11. The van der Waals surface area contributed by atoms with Crippen LogP contribution >= 0.6 is 0 Å². The molecule has 1 aliphatic heterocycles. The number of benzene rings is 1. The van der Waals surface area contributed by atoms with Gasteiger partial charge in [-0.3, -0.25) is 4.79 Å². The highest BCUT2D eigenvalue weighted by Gasteiger charge is 2.60. The van der Waals surface area contributed by atoms with Crippen molar-refractivity contribution in [2.45, 2.75) is 13.3 Å². The van der Waals surface area contributed by atoms with Crippen molar-refractivity contribution >= 4 is 28.6 Å². The van der Waals surface area contributed by atoms with Gasteiger partial charge in [0.25, 0.3) is 5.91 Å². The predicted molar refractivity (Wildman–Crippen MR) is 115 cm³/mol. The Balaban J connectivity index is 1.38. The fourth-order valence-corrected chi connectivity index (χ4v) is 4.44. The minimum absolute atomic E-state index is 0.0486. The topological polar surface area (TPSA) is 113 Å². The van der Waals surface area contributed by atoms with Gasteiger partial charge >= 0.3 is 0 Å². The summed E-state index contributed by atoms with van der Waals surface area (Å²) in [5, 5.41) is 13.6. The molecule has 0 spiro atoms. The molecular formula is C22H25N5O4. The van der Waals surface area contributed by atoms with Crippen LogP contribution in [0.15, 0.2) is 30.5 Å². The standard InChI is InChI=1S/C22H25N5O4/c1-3-31-19-15-6-7-23-18(15)25-21(26-19)24-16-5-4-13(8-17(16)30-2)20(29)27-10-14-9-22(14,11-27)12-28/h4-8,14,28H,3,9-12H2,1-2H3,(H2,23,24,25,26). The first-order valence-corrected chi connectivity index (χ1v) is 10.4. The van der Waals surface area contributed by atoms with Crippen LogP contribution in [0.1, 0.15) is 23.7 Å². The van der Waals surface area contributed by atoms with E-state index in [1.54, 1.807) is 31.5 Å². The molecule has 2 unspecified atom stereocenters. The van der Waals surface area contributed by atoms with Crippen molar-refractivity contribution in [3.05, 3.63) is 36.0 Å². The lowest BCUT2D eigenvalue weighted by Crippen LogP contribution is -2.32. The Kier molecular flexibility index (Phi) is 4.70. The Bertz CT molecular complexity index is 1140. The molecule has 3 aromatic rings. The van der Waals surface area contributed by atoms with Gasteiger partial charge in [-0.25, -0.2) is 0 Å². The van der Waals surface area contributed by atoms with Gasteiger partial charge in [-0.05, 0) is 43.5 Å². The van der Waals surface area contributed by atoms with Crippen molar-refractivity contribution in [2.24, 2.45) is 11.3 Å². The number of carbonyl (C=O) groups is 1. The zero-order chi connectivity index (χ0) is 21.6. The third kappa shape index (κ3) is 3.34. The zero-order valence-corrected chi connectivity index (χ0v) is 17.5. The fraction of sp³-hybridized carbons (Fsp3) is 0.409. The molecule has 2 aliphatic rings. The summed E-state index contributed by atoms with van der Waals surface area (Å²) in [5.74, 6) is 1.74. The summed E-state index contributed by atoms with van der Waals surface area (Å²) < 4.78 is 11.2. The van der Waals surface area contributed by atoms with E-state index >= 15 is 0 Å². The molecule has 1 saturated carbocycles. The van der Waals surface area contributed by atoms with Gasteiger partial charge in [-0.15, -0.1) is 0 Å². The van der Waals surface area contributed by atoms with Crippen molar-refractivity contribution in [1.82, 2.24) is 19.9 Å². The van der Waals surface area contributed by atoms with E-state index in [4.69, 9.17) is 9.47 Å². The first kappa shape index (κ1) is 19.6. The summed E-state index contributed by atoms with van der Waals surface area (Å²) in [6, 6.07) is 7.14. The number of hydrogen-bond donors (Lipinski definition) is 3. The summed E-state index contributed by atoms with van der Waals surface area (Å²) >= 11 is 0. The number of aromatic amines is 1. The number of methoxy groups -OCH3 is 1. The molecule has 1 aliphatic carbocycles. The van der Waals surface area contributed by atoms with Gasteiger partial charge in [0.2, 0.25) is 11.8 Å². The number of nitrogens with one attached hydrogen (secondary N) is 2. The highest BCUT2D eigenvalue weighted by molar-refractivity contribution is 5.96. The number of aliphatic hydroxyl groups excluding tert-OH is 1. The van der Waals surface area contributed by atoms with E-state index in [0.29, 0.717) is 60.1 Å². The quantitative estimate of drug-likeness (QED) is 0.535. The number of ether oxygens (including phenoxy) is 2. The van der Waals surface area contributed by atoms with Gasteiger partial charge in [0.15, 0.2) is 0 Å². The second-order valence-electron chi connectivity index (χ2n) is 8.17. The lowest BCUT2D eigenvalue weighted by Gasteiger charge is -2.21. The molecule has 2 fully saturated rings. The second-order valence-corrected chi connectivity index (χ2v) is 8.17. The summed E-state index contributed by atoms with van der Waals surface area (Å²) in [6.07, 6.45) is 2.80. The normalized spacial score (nSPS) is 21.8. The number of aromatic nitrogens is 3. The molecule has 3 heterocycles. The molecule has 1 saturated heterocycles. The van der Waals surface area contributed by atoms with Crippen LogP contribution in [-0.2, 0) is 0 Å². The number of carbonyl (C=O) groups excluding carboxylic acids is 1. The molecule has 0 bridgehead atoms. The van der Waals surface area contributed by atoms with Crippen LogP contribution in [-0.4, -0.2) is 64.3 Å². The SMILES string of the molecule is CCOc1nc(Nc2ccc(C(=O)N3CC4CC4(CO)C3)cc2OC)nc2[nH]ccc12. The van der Waals surface area contributed by atoms with E-state index in [1.807, 2.05) is 17.9 Å². The summed E-state index contributed by atoms with van der Waals surface area (Å²) in [6.45, 7) is 3.85. The fourth-order valence-electron chi connectivity index (χ4n) is 4.44. The number of piperidine rings is 1. The molecule has 3 N–H and O–H groups in total. The highest BCUT2D eigenvalue weighted by atomic mass is 16.5. The molecule has 0 radical (unpaired) electrons. The highest BCUT2D eigenvalue weighted by Crippen LogP contribution is 2.57. The first-order valence-electron chi connectivity index (χ1n) is 10.4. The Morgan fingerprint density at radius 2 is 2.26 bits per heavy atom. The van der Waals surface area contributed by atoms with Gasteiger partial charge in [-0.1, -0.05) is 0 Å². The minimum Gasteiger partial charge on any atom is -0.495 e. The third-order valence-electron chi connectivity index (χ3n) is 6.26. The zero-order valence-electron chi connectivity index (χ0n) is 17.5. The van der Waals surface area contributed by atoms with Crippen molar-refractivity contribution in [1.29, 1.82) is 0 Å². The molecule has 1 aromatic carbocycles. The van der Waals surface area contributed by atoms with E-state index in [2.05, 4.69) is 20.3 Å². The third-order valence-corrected chi connectivity index (χ3v) is 6.26. The lowest BCUT2D eigenvalue weighted by atomic mass is 10.1. The average molecular weight is 423 g/mol. The molecule has 2 aromatic heterocycles. The van der Waals surface area contributed by atoms with Crippen LogP contribution in [0.2, 0.25) is 0 Å². The first-order chi connectivity index (χ1) is 15.1. The number of anilines is 2. The predicted octanol–water partition coefficient (Wildman–Crippen LogP) is 2.56. The Morgan fingerprint density at radius 3 is 3.00 bits per heavy atom.